The zero-order valence-corrected chi connectivity index (χ0v) is 12.9. The van der Waals surface area contributed by atoms with Crippen molar-refractivity contribution >= 4 is 23.2 Å². The minimum Gasteiger partial charge on any atom is -0.365 e. The summed E-state index contributed by atoms with van der Waals surface area (Å²) in [4.78, 5) is 14.7. The van der Waals surface area contributed by atoms with Crippen molar-refractivity contribution in [2.45, 2.75) is 19.4 Å². The van der Waals surface area contributed by atoms with Gasteiger partial charge in [0, 0.05) is 37.1 Å². The number of hydrogen-bond acceptors (Lipinski definition) is 6. The summed E-state index contributed by atoms with van der Waals surface area (Å²) < 4.78 is 0. The van der Waals surface area contributed by atoms with Crippen LogP contribution in [0.4, 0.5) is 11.6 Å². The van der Waals surface area contributed by atoms with E-state index in [1.165, 1.54) is 0 Å². The Kier molecular flexibility index (Phi) is 4.07. The topological polar surface area (TPSA) is 77.7 Å². The van der Waals surface area contributed by atoms with Crippen molar-refractivity contribution in [3.8, 4) is 6.07 Å². The van der Waals surface area contributed by atoms with E-state index in [0.29, 0.717) is 10.6 Å². The van der Waals surface area contributed by atoms with Crippen molar-refractivity contribution in [2.75, 3.05) is 23.3 Å². The monoisotopic (exact) mass is 314 g/mol. The Hall–Kier alpha value is -2.39. The molecule has 1 fully saturated rings. The maximum atomic E-state index is 8.86. The Labute approximate surface area is 133 Å². The number of halogens is 1. The van der Waals surface area contributed by atoms with Crippen molar-refractivity contribution in [1.29, 1.82) is 5.26 Å². The van der Waals surface area contributed by atoms with E-state index in [0.717, 1.165) is 36.8 Å². The predicted octanol–water partition coefficient (Wildman–Crippen LogP) is 2.40. The maximum absolute atomic E-state index is 8.86. The average Bonchev–Trinajstić information content (AvgIpc) is 2.95. The number of aryl methyl sites for hydroxylation is 1. The third kappa shape index (κ3) is 3.10. The predicted molar refractivity (Wildman–Crippen MR) is 85.0 cm³/mol. The Morgan fingerprint density at radius 2 is 2.23 bits per heavy atom. The van der Waals surface area contributed by atoms with Crippen molar-refractivity contribution in [2.24, 2.45) is 0 Å². The van der Waals surface area contributed by atoms with E-state index in [9.17, 15) is 0 Å². The largest absolute Gasteiger partial charge is 0.365 e. The van der Waals surface area contributed by atoms with E-state index in [1.54, 1.807) is 18.6 Å². The van der Waals surface area contributed by atoms with Crippen molar-refractivity contribution in [1.82, 2.24) is 15.0 Å². The Balaban J connectivity index is 1.69. The highest BCUT2D eigenvalue weighted by molar-refractivity contribution is 6.33. The molecule has 0 aromatic carbocycles. The fourth-order valence-corrected chi connectivity index (χ4v) is 2.82. The van der Waals surface area contributed by atoms with E-state index >= 15 is 0 Å². The minimum atomic E-state index is 0.280. The normalized spacial score (nSPS) is 17.3. The lowest BCUT2D eigenvalue weighted by Crippen LogP contribution is -2.27. The lowest BCUT2D eigenvalue weighted by atomic mass is 10.2. The van der Waals surface area contributed by atoms with Gasteiger partial charge in [0.25, 0.3) is 0 Å². The second-order valence-corrected chi connectivity index (χ2v) is 5.67. The number of nitrogens with one attached hydrogen (secondary N) is 1. The number of anilines is 2. The van der Waals surface area contributed by atoms with Crippen LogP contribution in [0.1, 0.15) is 17.7 Å². The fraction of sp³-hybridized carbons (Fsp3) is 0.333. The molecule has 0 aliphatic carbocycles. The molecule has 0 spiro atoms. The van der Waals surface area contributed by atoms with Crippen LogP contribution >= 0.6 is 11.6 Å². The van der Waals surface area contributed by atoms with Crippen molar-refractivity contribution < 1.29 is 0 Å². The summed E-state index contributed by atoms with van der Waals surface area (Å²) in [5.41, 5.74) is 1.41. The molecule has 2 aromatic rings. The average molecular weight is 315 g/mol. The summed E-state index contributed by atoms with van der Waals surface area (Å²) in [5.74, 6) is 1.56. The van der Waals surface area contributed by atoms with Gasteiger partial charge in [0.1, 0.15) is 24.0 Å². The second kappa shape index (κ2) is 6.16. The zero-order valence-electron chi connectivity index (χ0n) is 12.1. The van der Waals surface area contributed by atoms with E-state index in [2.05, 4.69) is 25.2 Å². The molecule has 22 heavy (non-hydrogen) atoms. The summed E-state index contributed by atoms with van der Waals surface area (Å²) in [6.07, 6.45) is 4.08. The van der Waals surface area contributed by atoms with Crippen molar-refractivity contribution in [3.05, 3.63) is 40.9 Å². The van der Waals surface area contributed by atoms with Crippen LogP contribution in [0.3, 0.4) is 0 Å². The molecule has 1 saturated heterocycles. The molecule has 3 rings (SSSR count). The first-order chi connectivity index (χ1) is 10.7. The third-order valence-electron chi connectivity index (χ3n) is 3.59. The molecule has 0 radical (unpaired) electrons. The Morgan fingerprint density at radius 3 is 2.95 bits per heavy atom. The van der Waals surface area contributed by atoms with E-state index in [4.69, 9.17) is 16.9 Å². The first-order valence-corrected chi connectivity index (χ1v) is 7.39. The molecule has 0 amide bonds. The molecule has 7 heteroatoms. The molecule has 2 aromatic heterocycles. The summed E-state index contributed by atoms with van der Waals surface area (Å²) >= 11 is 6.22. The van der Waals surface area contributed by atoms with Gasteiger partial charge in [-0.15, -0.1) is 0 Å². The standard InChI is InChI=1S/C15H15ClN6/c1-10-4-14(20-9-19-10)21-12-2-3-22(8-12)15-13(16)5-11(6-17)7-18-15/h4-5,7,9,12H,2-3,8H2,1H3,(H,19,20,21). The van der Waals surface area contributed by atoms with Crippen LogP contribution in [0.25, 0.3) is 0 Å². The number of nitriles is 1. The molecule has 1 aliphatic heterocycles. The van der Waals surface area contributed by atoms with Crippen LogP contribution in [0.15, 0.2) is 24.7 Å². The summed E-state index contributed by atoms with van der Waals surface area (Å²) in [6, 6.07) is 5.90. The molecular formula is C15H15ClN6. The molecule has 1 N–H and O–H groups in total. The molecule has 1 unspecified atom stereocenters. The fourth-order valence-electron chi connectivity index (χ4n) is 2.54. The number of rotatable bonds is 3. The summed E-state index contributed by atoms with van der Waals surface area (Å²) in [5, 5.41) is 12.8. The van der Waals surface area contributed by atoms with Crippen LogP contribution in [0.2, 0.25) is 5.02 Å². The van der Waals surface area contributed by atoms with Crippen LogP contribution in [-0.4, -0.2) is 34.1 Å². The second-order valence-electron chi connectivity index (χ2n) is 5.26. The highest BCUT2D eigenvalue weighted by Crippen LogP contribution is 2.27. The first-order valence-electron chi connectivity index (χ1n) is 7.01. The molecule has 1 atom stereocenters. The summed E-state index contributed by atoms with van der Waals surface area (Å²) in [6.45, 7) is 3.59. The van der Waals surface area contributed by atoms with Gasteiger partial charge in [0.2, 0.25) is 0 Å². The number of hydrogen-bond donors (Lipinski definition) is 1. The lowest BCUT2D eigenvalue weighted by Gasteiger charge is -2.19. The zero-order chi connectivity index (χ0) is 15.5. The first kappa shape index (κ1) is 14.5. The van der Waals surface area contributed by atoms with E-state index in [1.807, 2.05) is 19.1 Å². The highest BCUT2D eigenvalue weighted by Gasteiger charge is 2.25. The van der Waals surface area contributed by atoms with Gasteiger partial charge in [0.15, 0.2) is 0 Å². The Bertz CT molecular complexity index is 726. The third-order valence-corrected chi connectivity index (χ3v) is 3.87. The molecule has 3 heterocycles. The van der Waals surface area contributed by atoms with Crippen LogP contribution in [0, 0.1) is 18.3 Å². The maximum Gasteiger partial charge on any atom is 0.147 e. The SMILES string of the molecule is Cc1cc(NC2CCN(c3ncc(C#N)cc3Cl)C2)ncn1. The molecule has 6 nitrogen and oxygen atoms in total. The van der Waals surface area contributed by atoms with Gasteiger partial charge in [-0.05, 0) is 19.4 Å². The van der Waals surface area contributed by atoms with E-state index in [-0.39, 0.29) is 6.04 Å². The summed E-state index contributed by atoms with van der Waals surface area (Å²) in [7, 11) is 0. The van der Waals surface area contributed by atoms with Gasteiger partial charge in [0.05, 0.1) is 10.6 Å². The van der Waals surface area contributed by atoms with Gasteiger partial charge >= 0.3 is 0 Å². The van der Waals surface area contributed by atoms with Crippen LogP contribution < -0.4 is 10.2 Å². The molecule has 0 saturated carbocycles. The van der Waals surface area contributed by atoms with Crippen LogP contribution in [0.5, 0.6) is 0 Å². The van der Waals surface area contributed by atoms with Crippen LogP contribution in [-0.2, 0) is 0 Å². The quantitative estimate of drug-likeness (QED) is 0.937. The number of nitrogens with zero attached hydrogens (tertiary/aromatic N) is 5. The number of pyridine rings is 1. The Morgan fingerprint density at radius 1 is 1.36 bits per heavy atom. The van der Waals surface area contributed by atoms with Gasteiger partial charge < -0.3 is 10.2 Å². The molecular weight excluding hydrogens is 300 g/mol. The van der Waals surface area contributed by atoms with Gasteiger partial charge in [-0.2, -0.15) is 5.26 Å². The van der Waals surface area contributed by atoms with Crippen molar-refractivity contribution in [3.63, 3.8) is 0 Å². The molecule has 0 bridgehead atoms. The molecule has 112 valence electrons. The lowest BCUT2D eigenvalue weighted by molar-refractivity contribution is 0.797. The smallest absolute Gasteiger partial charge is 0.147 e. The highest BCUT2D eigenvalue weighted by atomic mass is 35.5. The van der Waals surface area contributed by atoms with Gasteiger partial charge in [-0.25, -0.2) is 15.0 Å². The van der Waals surface area contributed by atoms with Gasteiger partial charge in [-0.3, -0.25) is 0 Å². The molecule has 1 aliphatic rings. The van der Waals surface area contributed by atoms with Gasteiger partial charge in [-0.1, -0.05) is 11.6 Å². The number of aromatic nitrogens is 3. The van der Waals surface area contributed by atoms with E-state index < -0.39 is 0 Å². The minimum absolute atomic E-state index is 0.280.